The van der Waals surface area contributed by atoms with Crippen molar-refractivity contribution in [2.24, 2.45) is 0 Å². The van der Waals surface area contributed by atoms with Gasteiger partial charge in [0, 0.05) is 5.56 Å². The number of nitriles is 1. The maximum Gasteiger partial charge on any atom is 0.203 e. The van der Waals surface area contributed by atoms with Gasteiger partial charge in [-0.2, -0.15) is 5.26 Å². The highest BCUT2D eigenvalue weighted by molar-refractivity contribution is 6.17. The third-order valence-corrected chi connectivity index (χ3v) is 1.56. The summed E-state index contributed by atoms with van der Waals surface area (Å²) < 4.78 is 5.01. The third kappa shape index (κ3) is 1.14. The maximum atomic E-state index is 8.38. The normalized spacial score (nSPS) is 9.30. The SMILES string of the molecule is Cc1oc(C#N)cc1CCl. The third-order valence-electron chi connectivity index (χ3n) is 1.27. The van der Waals surface area contributed by atoms with Crippen molar-refractivity contribution in [1.29, 1.82) is 5.26 Å². The molecule has 0 bridgehead atoms. The van der Waals surface area contributed by atoms with Gasteiger partial charge in [0.05, 0.1) is 5.88 Å². The summed E-state index contributed by atoms with van der Waals surface area (Å²) in [5.41, 5.74) is 0.887. The Bertz CT molecular complexity index is 272. The first-order valence-electron chi connectivity index (χ1n) is 2.83. The van der Waals surface area contributed by atoms with Gasteiger partial charge in [-0.3, -0.25) is 0 Å². The minimum atomic E-state index is 0.327. The van der Waals surface area contributed by atoms with Crippen LogP contribution in [0.4, 0.5) is 0 Å². The van der Waals surface area contributed by atoms with Crippen LogP contribution in [0.1, 0.15) is 17.1 Å². The van der Waals surface area contributed by atoms with Crippen LogP contribution in [0.15, 0.2) is 10.5 Å². The monoisotopic (exact) mass is 155 g/mol. The predicted molar refractivity (Wildman–Crippen MR) is 37.7 cm³/mol. The quantitative estimate of drug-likeness (QED) is 0.583. The Morgan fingerprint density at radius 3 is 2.80 bits per heavy atom. The van der Waals surface area contributed by atoms with Crippen LogP contribution in [0.5, 0.6) is 0 Å². The van der Waals surface area contributed by atoms with Crippen LogP contribution < -0.4 is 0 Å². The van der Waals surface area contributed by atoms with Crippen LogP contribution >= 0.6 is 11.6 Å². The summed E-state index contributed by atoms with van der Waals surface area (Å²) in [5, 5.41) is 8.38. The molecule has 0 aliphatic carbocycles. The van der Waals surface area contributed by atoms with Gasteiger partial charge in [-0.15, -0.1) is 11.6 Å². The first kappa shape index (κ1) is 7.17. The average Bonchev–Trinajstić information content (AvgIpc) is 2.30. The van der Waals surface area contributed by atoms with Crippen molar-refractivity contribution in [3.05, 3.63) is 23.2 Å². The highest BCUT2D eigenvalue weighted by Crippen LogP contribution is 2.15. The zero-order valence-corrected chi connectivity index (χ0v) is 6.27. The molecule has 10 heavy (non-hydrogen) atoms. The Labute approximate surface area is 64.0 Å². The number of nitrogens with zero attached hydrogens (tertiary/aromatic N) is 1. The number of halogens is 1. The molecule has 1 heterocycles. The van der Waals surface area contributed by atoms with E-state index < -0.39 is 0 Å². The zero-order chi connectivity index (χ0) is 7.56. The molecule has 0 unspecified atom stereocenters. The molecule has 0 atom stereocenters. The highest BCUT2D eigenvalue weighted by Gasteiger charge is 2.03. The summed E-state index contributed by atoms with van der Waals surface area (Å²) in [6.45, 7) is 1.79. The summed E-state index contributed by atoms with van der Waals surface area (Å²) in [7, 11) is 0. The summed E-state index contributed by atoms with van der Waals surface area (Å²) in [6, 6.07) is 3.55. The summed E-state index contributed by atoms with van der Waals surface area (Å²) >= 11 is 5.53. The molecule has 1 aromatic heterocycles. The number of alkyl halides is 1. The van der Waals surface area contributed by atoms with Gasteiger partial charge in [0.1, 0.15) is 11.8 Å². The van der Waals surface area contributed by atoms with Gasteiger partial charge in [-0.05, 0) is 13.0 Å². The van der Waals surface area contributed by atoms with Gasteiger partial charge in [0.15, 0.2) is 0 Å². The second kappa shape index (κ2) is 2.76. The van der Waals surface area contributed by atoms with Crippen LogP contribution in [-0.2, 0) is 5.88 Å². The average molecular weight is 156 g/mol. The first-order chi connectivity index (χ1) is 4.77. The van der Waals surface area contributed by atoms with Crippen molar-refractivity contribution >= 4 is 11.6 Å². The fourth-order valence-electron chi connectivity index (χ4n) is 0.708. The van der Waals surface area contributed by atoms with Crippen molar-refractivity contribution in [2.45, 2.75) is 12.8 Å². The molecule has 0 saturated carbocycles. The molecule has 1 rings (SSSR count). The van der Waals surface area contributed by atoms with Crippen molar-refractivity contribution < 1.29 is 4.42 Å². The molecule has 0 N–H and O–H groups in total. The fourth-order valence-corrected chi connectivity index (χ4v) is 0.973. The van der Waals surface area contributed by atoms with Gasteiger partial charge in [0.2, 0.25) is 5.76 Å². The number of hydrogen-bond donors (Lipinski definition) is 0. The molecule has 0 aliphatic heterocycles. The second-order valence-electron chi connectivity index (χ2n) is 1.94. The van der Waals surface area contributed by atoms with E-state index in [0.29, 0.717) is 11.6 Å². The lowest BCUT2D eigenvalue weighted by Crippen LogP contribution is -1.72. The summed E-state index contributed by atoms with van der Waals surface area (Å²) in [5.74, 6) is 1.46. The molecule has 2 nitrogen and oxygen atoms in total. The smallest absolute Gasteiger partial charge is 0.203 e. The van der Waals surface area contributed by atoms with Crippen molar-refractivity contribution in [3.8, 4) is 6.07 Å². The van der Waals surface area contributed by atoms with E-state index in [1.54, 1.807) is 13.0 Å². The van der Waals surface area contributed by atoms with Gasteiger partial charge >= 0.3 is 0 Å². The standard InChI is InChI=1S/C7H6ClNO/c1-5-6(3-8)2-7(4-9)10-5/h2H,3H2,1H3. The Kier molecular flexibility index (Phi) is 1.98. The van der Waals surface area contributed by atoms with Crippen LogP contribution in [0, 0.1) is 18.3 Å². The van der Waals surface area contributed by atoms with Gasteiger partial charge in [0.25, 0.3) is 0 Å². The molecule has 3 heteroatoms. The van der Waals surface area contributed by atoms with Gasteiger partial charge in [-0.25, -0.2) is 0 Å². The molecule has 0 fully saturated rings. The number of furan rings is 1. The van der Waals surface area contributed by atoms with Gasteiger partial charge in [-0.1, -0.05) is 0 Å². The molecule has 0 aliphatic rings. The molecule has 1 aromatic rings. The number of rotatable bonds is 1. The maximum absolute atomic E-state index is 8.38. The molecule has 0 amide bonds. The molecule has 0 aromatic carbocycles. The molecular weight excluding hydrogens is 150 g/mol. The molecular formula is C7H6ClNO. The lowest BCUT2D eigenvalue weighted by Gasteiger charge is -1.84. The first-order valence-corrected chi connectivity index (χ1v) is 3.36. The van der Waals surface area contributed by atoms with E-state index in [2.05, 4.69) is 0 Å². The second-order valence-corrected chi connectivity index (χ2v) is 2.20. The van der Waals surface area contributed by atoms with Crippen LogP contribution in [0.3, 0.4) is 0 Å². The topological polar surface area (TPSA) is 36.9 Å². The minimum Gasteiger partial charge on any atom is -0.451 e. The van der Waals surface area contributed by atoms with Crippen molar-refractivity contribution in [2.75, 3.05) is 0 Å². The van der Waals surface area contributed by atoms with Crippen LogP contribution in [0.25, 0.3) is 0 Å². The van der Waals surface area contributed by atoms with E-state index in [1.807, 2.05) is 6.07 Å². The van der Waals surface area contributed by atoms with Crippen molar-refractivity contribution in [1.82, 2.24) is 0 Å². The lowest BCUT2D eigenvalue weighted by atomic mass is 10.3. The minimum absolute atomic E-state index is 0.327. The molecule has 52 valence electrons. The number of aryl methyl sites for hydroxylation is 1. The van der Waals surface area contributed by atoms with E-state index in [-0.39, 0.29) is 0 Å². The van der Waals surface area contributed by atoms with E-state index >= 15 is 0 Å². The largest absolute Gasteiger partial charge is 0.451 e. The Hall–Kier alpha value is -0.940. The lowest BCUT2D eigenvalue weighted by molar-refractivity contribution is 0.518. The Morgan fingerprint density at radius 2 is 2.50 bits per heavy atom. The molecule has 0 spiro atoms. The number of hydrogen-bond acceptors (Lipinski definition) is 2. The Balaban J connectivity index is 3.07. The van der Waals surface area contributed by atoms with E-state index in [9.17, 15) is 0 Å². The van der Waals surface area contributed by atoms with E-state index in [4.69, 9.17) is 21.3 Å². The summed E-state index contributed by atoms with van der Waals surface area (Å²) in [4.78, 5) is 0. The van der Waals surface area contributed by atoms with Crippen LogP contribution in [0.2, 0.25) is 0 Å². The predicted octanol–water partition coefficient (Wildman–Crippen LogP) is 2.20. The Morgan fingerprint density at radius 1 is 1.80 bits per heavy atom. The highest BCUT2D eigenvalue weighted by atomic mass is 35.5. The van der Waals surface area contributed by atoms with E-state index in [0.717, 1.165) is 11.3 Å². The van der Waals surface area contributed by atoms with Crippen molar-refractivity contribution in [3.63, 3.8) is 0 Å². The zero-order valence-electron chi connectivity index (χ0n) is 5.52. The summed E-state index contributed by atoms with van der Waals surface area (Å²) in [6.07, 6.45) is 0. The molecule has 0 radical (unpaired) electrons. The van der Waals surface area contributed by atoms with Gasteiger partial charge < -0.3 is 4.42 Å². The fraction of sp³-hybridized carbons (Fsp3) is 0.286. The van der Waals surface area contributed by atoms with Crippen LogP contribution in [-0.4, -0.2) is 0 Å². The van der Waals surface area contributed by atoms with E-state index in [1.165, 1.54) is 0 Å². The molecule has 0 saturated heterocycles.